The molecule has 0 amide bonds. The highest BCUT2D eigenvalue weighted by Crippen LogP contribution is 2.34. The number of fused-ring (bicyclic) bond motifs is 1. The number of ether oxygens (including phenoxy) is 1. The monoisotopic (exact) mass is 573 g/mol. The van der Waals surface area contributed by atoms with E-state index in [1.54, 1.807) is 11.7 Å². The number of nitrogens with two attached hydrogens (primary N) is 1. The molecule has 214 valence electrons. The second kappa shape index (κ2) is 11.3. The predicted octanol–water partition coefficient (Wildman–Crippen LogP) is 6.72. The van der Waals surface area contributed by atoms with Gasteiger partial charge in [0.1, 0.15) is 23.1 Å². The van der Waals surface area contributed by atoms with E-state index in [2.05, 4.69) is 15.3 Å². The largest absolute Gasteiger partial charge is 0.508 e. The number of rotatable bonds is 7. The SMILES string of the molecule is COc1cccc(-c2cccc3cc([C@H](C)Nc4nc(N)ncc4-c4cc(O)cc(F)c4)n(-c4ccccc4)c(=O)c23)c1. The Hall–Kier alpha value is -5.70. The number of phenolic OH excluding ortho intramolecular Hbond substituents is 1. The second-order valence-corrected chi connectivity index (χ2v) is 10.1. The van der Waals surface area contributed by atoms with Crippen LogP contribution >= 0.6 is 0 Å². The molecule has 43 heavy (non-hydrogen) atoms. The predicted molar refractivity (Wildman–Crippen MR) is 167 cm³/mol. The van der Waals surface area contributed by atoms with Crippen molar-refractivity contribution in [1.29, 1.82) is 0 Å². The van der Waals surface area contributed by atoms with Gasteiger partial charge >= 0.3 is 0 Å². The summed E-state index contributed by atoms with van der Waals surface area (Å²) in [6.07, 6.45) is 1.47. The van der Waals surface area contributed by atoms with Gasteiger partial charge in [0.25, 0.3) is 5.56 Å². The third-order valence-corrected chi connectivity index (χ3v) is 7.27. The van der Waals surface area contributed by atoms with Crippen LogP contribution in [0.5, 0.6) is 11.5 Å². The van der Waals surface area contributed by atoms with Gasteiger partial charge in [-0.25, -0.2) is 9.37 Å². The molecule has 0 fully saturated rings. The van der Waals surface area contributed by atoms with E-state index in [1.165, 1.54) is 18.3 Å². The lowest BCUT2D eigenvalue weighted by atomic mass is 9.97. The van der Waals surface area contributed by atoms with Crippen LogP contribution in [0, 0.1) is 5.82 Å². The molecule has 8 nitrogen and oxygen atoms in total. The van der Waals surface area contributed by atoms with Crippen LogP contribution < -0.4 is 21.3 Å². The van der Waals surface area contributed by atoms with Crippen molar-refractivity contribution >= 4 is 22.5 Å². The summed E-state index contributed by atoms with van der Waals surface area (Å²) < 4.78 is 21.3. The fraction of sp³-hybridized carbons (Fsp3) is 0.0882. The van der Waals surface area contributed by atoms with Crippen LogP contribution in [0.15, 0.2) is 108 Å². The Morgan fingerprint density at radius 3 is 2.49 bits per heavy atom. The highest BCUT2D eigenvalue weighted by atomic mass is 19.1. The third kappa shape index (κ3) is 5.36. The first-order chi connectivity index (χ1) is 20.8. The summed E-state index contributed by atoms with van der Waals surface area (Å²) in [5.74, 6) is 0.192. The van der Waals surface area contributed by atoms with Crippen LogP contribution in [0.4, 0.5) is 16.2 Å². The number of methoxy groups -OCH3 is 1. The Morgan fingerprint density at radius 2 is 1.72 bits per heavy atom. The maximum Gasteiger partial charge on any atom is 0.263 e. The molecule has 1 atom stereocenters. The van der Waals surface area contributed by atoms with Crippen LogP contribution in [0.3, 0.4) is 0 Å². The minimum absolute atomic E-state index is 0.0148. The average molecular weight is 574 g/mol. The molecule has 0 saturated heterocycles. The first-order valence-electron chi connectivity index (χ1n) is 13.6. The van der Waals surface area contributed by atoms with Gasteiger partial charge in [-0.1, -0.05) is 48.5 Å². The zero-order valence-corrected chi connectivity index (χ0v) is 23.5. The molecule has 2 heterocycles. The number of benzene rings is 4. The van der Waals surface area contributed by atoms with Gasteiger partial charge in [0.05, 0.1) is 18.5 Å². The second-order valence-electron chi connectivity index (χ2n) is 10.1. The highest BCUT2D eigenvalue weighted by Gasteiger charge is 2.21. The molecule has 4 N–H and O–H groups in total. The van der Waals surface area contributed by atoms with Gasteiger partial charge in [-0.2, -0.15) is 4.98 Å². The van der Waals surface area contributed by atoms with Crippen molar-refractivity contribution in [3.05, 3.63) is 125 Å². The molecular weight excluding hydrogens is 545 g/mol. The molecule has 0 aliphatic heterocycles. The number of hydrogen-bond acceptors (Lipinski definition) is 7. The lowest BCUT2D eigenvalue weighted by Crippen LogP contribution is -2.26. The summed E-state index contributed by atoms with van der Waals surface area (Å²) in [5, 5.41) is 14.7. The van der Waals surface area contributed by atoms with Crippen LogP contribution in [0.1, 0.15) is 18.7 Å². The Labute approximate surface area is 246 Å². The van der Waals surface area contributed by atoms with Crippen LogP contribution in [-0.4, -0.2) is 26.8 Å². The number of halogens is 1. The minimum Gasteiger partial charge on any atom is -0.508 e. The minimum atomic E-state index is -0.606. The molecule has 0 saturated carbocycles. The first-order valence-corrected chi connectivity index (χ1v) is 13.6. The van der Waals surface area contributed by atoms with E-state index in [9.17, 15) is 14.3 Å². The fourth-order valence-electron chi connectivity index (χ4n) is 5.30. The Bertz CT molecular complexity index is 2010. The molecule has 0 spiro atoms. The number of para-hydroxylation sites is 1. The number of hydrogen-bond donors (Lipinski definition) is 3. The molecule has 6 rings (SSSR count). The third-order valence-electron chi connectivity index (χ3n) is 7.27. The number of pyridine rings is 1. The molecule has 2 aromatic heterocycles. The Balaban J connectivity index is 1.53. The first kappa shape index (κ1) is 27.5. The van der Waals surface area contributed by atoms with E-state index >= 15 is 0 Å². The van der Waals surface area contributed by atoms with Gasteiger partial charge in [-0.05, 0) is 71.5 Å². The van der Waals surface area contributed by atoms with Crippen molar-refractivity contribution < 1.29 is 14.2 Å². The summed E-state index contributed by atoms with van der Waals surface area (Å²) >= 11 is 0. The van der Waals surface area contributed by atoms with Gasteiger partial charge in [0.2, 0.25) is 5.95 Å². The number of anilines is 2. The highest BCUT2D eigenvalue weighted by molar-refractivity contribution is 5.96. The van der Waals surface area contributed by atoms with E-state index < -0.39 is 11.9 Å². The lowest BCUT2D eigenvalue weighted by molar-refractivity contribution is 0.415. The molecule has 4 aromatic carbocycles. The van der Waals surface area contributed by atoms with Crippen molar-refractivity contribution in [2.24, 2.45) is 0 Å². The van der Waals surface area contributed by atoms with E-state index in [0.717, 1.165) is 22.6 Å². The standard InChI is InChI=1S/C34H28FN5O3/c1-20(38-32-29(19-37-34(36)39-32)23-14-24(35)18-26(41)15-23)30-17-22-9-7-13-28(21-8-6-12-27(16-21)43-2)31(22)33(42)40(30)25-10-4-3-5-11-25/h3-20,41H,1-2H3,(H3,36,37,38,39)/t20-/m0/s1. The number of nitrogens with one attached hydrogen (secondary N) is 1. The van der Waals surface area contributed by atoms with Crippen molar-refractivity contribution in [2.75, 3.05) is 18.2 Å². The van der Waals surface area contributed by atoms with Gasteiger partial charge in [-0.15, -0.1) is 0 Å². The lowest BCUT2D eigenvalue weighted by Gasteiger charge is -2.23. The summed E-state index contributed by atoms with van der Waals surface area (Å²) in [5.41, 5.74) is 9.56. The summed E-state index contributed by atoms with van der Waals surface area (Å²) in [4.78, 5) is 22.9. The van der Waals surface area contributed by atoms with Crippen LogP contribution in [0.25, 0.3) is 38.7 Å². The molecule has 0 unspecified atom stereocenters. The van der Waals surface area contributed by atoms with Crippen molar-refractivity contribution in [3.8, 4) is 39.4 Å². The molecular formula is C34H28FN5O3. The van der Waals surface area contributed by atoms with Gasteiger partial charge in [0, 0.05) is 29.2 Å². The molecule has 0 bridgehead atoms. The van der Waals surface area contributed by atoms with E-state index in [0.29, 0.717) is 39.5 Å². The van der Waals surface area contributed by atoms with E-state index in [1.807, 2.05) is 85.8 Å². The smallest absolute Gasteiger partial charge is 0.263 e. The normalized spacial score (nSPS) is 11.8. The summed E-state index contributed by atoms with van der Waals surface area (Å²) in [7, 11) is 1.61. The number of aromatic nitrogens is 3. The number of nitrogen functional groups attached to an aromatic ring is 1. The quantitative estimate of drug-likeness (QED) is 0.194. The molecule has 0 radical (unpaired) electrons. The zero-order valence-electron chi connectivity index (χ0n) is 23.5. The molecule has 0 aliphatic carbocycles. The Kier molecular flexibility index (Phi) is 7.21. The van der Waals surface area contributed by atoms with Crippen molar-refractivity contribution in [1.82, 2.24) is 14.5 Å². The zero-order chi connectivity index (χ0) is 30.1. The average Bonchev–Trinajstić information content (AvgIpc) is 3.00. The maximum atomic E-state index is 14.5. The number of phenols is 1. The summed E-state index contributed by atoms with van der Waals surface area (Å²) in [6.45, 7) is 1.90. The number of aromatic hydroxyl groups is 1. The van der Waals surface area contributed by atoms with Gasteiger partial charge in [0.15, 0.2) is 0 Å². The topological polar surface area (TPSA) is 115 Å². The number of nitrogens with zero attached hydrogens (tertiary/aromatic N) is 3. The van der Waals surface area contributed by atoms with Crippen LogP contribution in [-0.2, 0) is 0 Å². The molecule has 9 heteroatoms. The fourth-order valence-corrected chi connectivity index (χ4v) is 5.30. The van der Waals surface area contributed by atoms with Crippen LogP contribution in [0.2, 0.25) is 0 Å². The van der Waals surface area contributed by atoms with E-state index in [-0.39, 0.29) is 17.3 Å². The summed E-state index contributed by atoms with van der Waals surface area (Å²) in [6, 6.07) is 28.0. The van der Waals surface area contributed by atoms with Gasteiger partial charge in [-0.3, -0.25) is 9.36 Å². The van der Waals surface area contributed by atoms with E-state index in [4.69, 9.17) is 10.5 Å². The molecule has 6 aromatic rings. The van der Waals surface area contributed by atoms with Crippen molar-refractivity contribution in [3.63, 3.8) is 0 Å². The Morgan fingerprint density at radius 1 is 0.930 bits per heavy atom. The maximum absolute atomic E-state index is 14.5. The van der Waals surface area contributed by atoms with Crippen molar-refractivity contribution in [2.45, 2.75) is 13.0 Å². The molecule has 0 aliphatic rings. The van der Waals surface area contributed by atoms with Gasteiger partial charge < -0.3 is 20.9 Å².